The van der Waals surface area contributed by atoms with Gasteiger partial charge in [0.25, 0.3) is 0 Å². The van der Waals surface area contributed by atoms with Crippen molar-refractivity contribution >= 4 is 11.8 Å². The molecule has 0 spiro atoms. The van der Waals surface area contributed by atoms with Crippen LogP contribution in [-0.2, 0) is 12.8 Å². The molecule has 1 heterocycles. The molecule has 0 saturated carbocycles. The second-order valence-corrected chi connectivity index (χ2v) is 6.80. The predicted octanol–water partition coefficient (Wildman–Crippen LogP) is 3.04. The van der Waals surface area contributed by atoms with Crippen molar-refractivity contribution in [3.8, 4) is 5.75 Å². The average molecular weight is 277 g/mol. The Bertz CT molecular complexity index is 429. The van der Waals surface area contributed by atoms with Crippen LogP contribution in [0.2, 0.25) is 0 Å². The smallest absolute Gasteiger partial charge is 0.119 e. The highest BCUT2D eigenvalue weighted by molar-refractivity contribution is 7.99. The van der Waals surface area contributed by atoms with Crippen LogP contribution in [-0.4, -0.2) is 30.7 Å². The maximum Gasteiger partial charge on any atom is 0.119 e. The molecule has 1 aromatic rings. The fourth-order valence-electron chi connectivity index (χ4n) is 3.21. The van der Waals surface area contributed by atoms with Gasteiger partial charge in [-0.25, -0.2) is 0 Å². The number of ether oxygens (including phenoxy) is 1. The molecule has 0 bridgehead atoms. The van der Waals surface area contributed by atoms with Gasteiger partial charge in [0.2, 0.25) is 0 Å². The number of hydrogen-bond donors (Lipinski definition) is 1. The number of fused-ring (bicyclic) bond motifs is 1. The molecule has 2 nitrogen and oxygen atoms in total. The molecule has 1 N–H and O–H groups in total. The van der Waals surface area contributed by atoms with E-state index in [4.69, 9.17) is 4.74 Å². The molecule has 1 aromatic carbocycles. The Kier molecular flexibility index (Phi) is 4.34. The molecule has 1 fully saturated rings. The van der Waals surface area contributed by atoms with E-state index in [1.165, 1.54) is 48.3 Å². The van der Waals surface area contributed by atoms with Crippen molar-refractivity contribution in [2.45, 2.75) is 44.2 Å². The van der Waals surface area contributed by atoms with E-state index in [-0.39, 0.29) is 0 Å². The van der Waals surface area contributed by atoms with Crippen molar-refractivity contribution in [1.29, 1.82) is 0 Å². The third kappa shape index (κ3) is 3.26. The van der Waals surface area contributed by atoms with Crippen LogP contribution in [0.25, 0.3) is 0 Å². The maximum absolute atomic E-state index is 5.34. The van der Waals surface area contributed by atoms with Gasteiger partial charge in [-0.3, -0.25) is 0 Å². The molecular weight excluding hydrogens is 254 g/mol. The summed E-state index contributed by atoms with van der Waals surface area (Å²) in [5, 5.41) is 3.87. The van der Waals surface area contributed by atoms with Gasteiger partial charge in [0.05, 0.1) is 7.11 Å². The summed E-state index contributed by atoms with van der Waals surface area (Å²) in [6.45, 7) is 0. The molecule has 0 aromatic heterocycles. The number of aryl methyl sites for hydroxylation is 1. The fourth-order valence-corrected chi connectivity index (χ4v) is 4.29. The number of thioether (sulfide) groups is 1. The summed E-state index contributed by atoms with van der Waals surface area (Å²) in [6.07, 6.45) is 6.37. The summed E-state index contributed by atoms with van der Waals surface area (Å²) in [7, 11) is 1.75. The second kappa shape index (κ2) is 6.19. The molecule has 1 aliphatic heterocycles. The highest BCUT2D eigenvalue weighted by Crippen LogP contribution is 2.26. The van der Waals surface area contributed by atoms with E-state index >= 15 is 0 Å². The lowest BCUT2D eigenvalue weighted by Crippen LogP contribution is -2.43. The average Bonchev–Trinajstić information content (AvgIpc) is 2.47. The van der Waals surface area contributed by atoms with Gasteiger partial charge in [-0.1, -0.05) is 6.07 Å². The zero-order chi connectivity index (χ0) is 13.1. The number of benzene rings is 1. The molecule has 3 heteroatoms. The SMILES string of the molecule is COc1ccc2c(c1)CC(NC1CCCSC1)CC2. The van der Waals surface area contributed by atoms with Crippen molar-refractivity contribution < 1.29 is 4.74 Å². The van der Waals surface area contributed by atoms with Crippen LogP contribution >= 0.6 is 11.8 Å². The lowest BCUT2D eigenvalue weighted by molar-refractivity contribution is 0.388. The first-order valence-electron chi connectivity index (χ1n) is 7.35. The van der Waals surface area contributed by atoms with E-state index in [9.17, 15) is 0 Å². The number of methoxy groups -OCH3 is 1. The molecule has 0 radical (unpaired) electrons. The van der Waals surface area contributed by atoms with Gasteiger partial charge in [-0.2, -0.15) is 11.8 Å². The van der Waals surface area contributed by atoms with Crippen LogP contribution in [0.5, 0.6) is 5.75 Å². The molecule has 104 valence electrons. The Balaban J connectivity index is 1.63. The molecular formula is C16H23NOS. The van der Waals surface area contributed by atoms with Crippen LogP contribution in [0.3, 0.4) is 0 Å². The summed E-state index contributed by atoms with van der Waals surface area (Å²) in [6, 6.07) is 7.93. The van der Waals surface area contributed by atoms with Crippen molar-refractivity contribution in [2.24, 2.45) is 0 Å². The summed E-state index contributed by atoms with van der Waals surface area (Å²) in [4.78, 5) is 0. The van der Waals surface area contributed by atoms with Gasteiger partial charge in [0.15, 0.2) is 0 Å². The first-order chi connectivity index (χ1) is 9.35. The topological polar surface area (TPSA) is 21.3 Å². The zero-order valence-electron chi connectivity index (χ0n) is 11.7. The van der Waals surface area contributed by atoms with Gasteiger partial charge in [0.1, 0.15) is 5.75 Å². The van der Waals surface area contributed by atoms with E-state index < -0.39 is 0 Å². The molecule has 2 unspecified atom stereocenters. The maximum atomic E-state index is 5.34. The van der Waals surface area contributed by atoms with Crippen LogP contribution in [0, 0.1) is 0 Å². The summed E-state index contributed by atoms with van der Waals surface area (Å²) in [5.41, 5.74) is 2.99. The standard InChI is InChI=1S/C16H23NOS/c1-18-16-7-5-12-4-6-14(9-13(12)10-16)17-15-3-2-8-19-11-15/h5,7,10,14-15,17H,2-4,6,8-9,11H2,1H3. The summed E-state index contributed by atoms with van der Waals surface area (Å²) in [5.74, 6) is 3.64. The Morgan fingerprint density at radius 1 is 1.21 bits per heavy atom. The molecule has 3 rings (SSSR count). The molecule has 0 amide bonds. The van der Waals surface area contributed by atoms with E-state index in [0.29, 0.717) is 6.04 Å². The van der Waals surface area contributed by atoms with Crippen molar-refractivity contribution in [1.82, 2.24) is 5.32 Å². The van der Waals surface area contributed by atoms with Crippen LogP contribution in [0.15, 0.2) is 18.2 Å². The Morgan fingerprint density at radius 2 is 2.16 bits per heavy atom. The third-order valence-corrected chi connectivity index (χ3v) is 5.49. The Labute approximate surface area is 120 Å². The minimum Gasteiger partial charge on any atom is -0.497 e. The molecule has 19 heavy (non-hydrogen) atoms. The molecule has 2 atom stereocenters. The number of nitrogens with one attached hydrogen (secondary N) is 1. The molecule has 1 saturated heterocycles. The third-order valence-electron chi connectivity index (χ3n) is 4.27. The van der Waals surface area contributed by atoms with Crippen LogP contribution in [0.1, 0.15) is 30.4 Å². The lowest BCUT2D eigenvalue weighted by Gasteiger charge is -2.31. The largest absolute Gasteiger partial charge is 0.497 e. The van der Waals surface area contributed by atoms with Crippen molar-refractivity contribution in [2.75, 3.05) is 18.6 Å². The van der Waals surface area contributed by atoms with E-state index in [0.717, 1.165) is 18.2 Å². The minimum atomic E-state index is 0.656. The first kappa shape index (κ1) is 13.3. The highest BCUT2D eigenvalue weighted by atomic mass is 32.2. The summed E-state index contributed by atoms with van der Waals surface area (Å²) >= 11 is 2.10. The monoisotopic (exact) mass is 277 g/mol. The second-order valence-electron chi connectivity index (χ2n) is 5.66. The van der Waals surface area contributed by atoms with E-state index in [2.05, 4.69) is 35.3 Å². The lowest BCUT2D eigenvalue weighted by atomic mass is 9.87. The van der Waals surface area contributed by atoms with Crippen LogP contribution in [0.4, 0.5) is 0 Å². The van der Waals surface area contributed by atoms with Crippen molar-refractivity contribution in [3.05, 3.63) is 29.3 Å². The van der Waals surface area contributed by atoms with Gasteiger partial charge >= 0.3 is 0 Å². The Morgan fingerprint density at radius 3 is 2.95 bits per heavy atom. The minimum absolute atomic E-state index is 0.656. The normalized spacial score (nSPS) is 26.8. The van der Waals surface area contributed by atoms with Gasteiger partial charge in [-0.05, 0) is 61.1 Å². The fraction of sp³-hybridized carbons (Fsp3) is 0.625. The van der Waals surface area contributed by atoms with Crippen LogP contribution < -0.4 is 10.1 Å². The first-order valence-corrected chi connectivity index (χ1v) is 8.50. The van der Waals surface area contributed by atoms with Gasteiger partial charge in [-0.15, -0.1) is 0 Å². The van der Waals surface area contributed by atoms with E-state index in [1.54, 1.807) is 7.11 Å². The molecule has 2 aliphatic rings. The zero-order valence-corrected chi connectivity index (χ0v) is 12.5. The van der Waals surface area contributed by atoms with Gasteiger partial charge < -0.3 is 10.1 Å². The quantitative estimate of drug-likeness (QED) is 0.917. The Hall–Kier alpha value is -0.670. The number of rotatable bonds is 3. The summed E-state index contributed by atoms with van der Waals surface area (Å²) < 4.78 is 5.34. The predicted molar refractivity (Wildman–Crippen MR) is 82.3 cm³/mol. The van der Waals surface area contributed by atoms with Gasteiger partial charge in [0, 0.05) is 17.8 Å². The highest BCUT2D eigenvalue weighted by Gasteiger charge is 2.22. The molecule has 1 aliphatic carbocycles. The van der Waals surface area contributed by atoms with E-state index in [1.807, 2.05) is 0 Å². The number of hydrogen-bond acceptors (Lipinski definition) is 3. The van der Waals surface area contributed by atoms with Crippen molar-refractivity contribution in [3.63, 3.8) is 0 Å².